The fraction of sp³-hybridized carbons (Fsp3) is 0.105. The van der Waals surface area contributed by atoms with Crippen molar-refractivity contribution in [3.63, 3.8) is 0 Å². The number of hydrogen-bond donors (Lipinski definition) is 0. The average molecular weight is 405 g/mol. The Morgan fingerprint density at radius 1 is 0.926 bits per heavy atom. The van der Waals surface area contributed by atoms with Crippen molar-refractivity contribution in [1.82, 2.24) is 9.78 Å². The van der Waals surface area contributed by atoms with Crippen molar-refractivity contribution in [1.29, 1.82) is 0 Å². The standard InChI is InChI=1S/C19H14Cl2N2O4/c20-14-3-1-13(2-4-14)19(25)26-12-11-23-18(24)10-9-17(22-23)27-16-7-5-15(21)6-8-16/h1-10H,11-12H2. The SMILES string of the molecule is O=C(OCCn1nc(Oc2ccc(Cl)cc2)ccc1=O)c1ccc(Cl)cc1. The van der Waals surface area contributed by atoms with Gasteiger partial charge in [-0.05, 0) is 48.5 Å². The highest BCUT2D eigenvalue weighted by Gasteiger charge is 2.08. The van der Waals surface area contributed by atoms with E-state index in [1.807, 2.05) is 0 Å². The predicted molar refractivity (Wildman–Crippen MR) is 102 cm³/mol. The molecule has 0 unspecified atom stereocenters. The van der Waals surface area contributed by atoms with Gasteiger partial charge in [0.2, 0.25) is 5.88 Å². The molecule has 0 fully saturated rings. The molecule has 1 aromatic heterocycles. The molecular formula is C19H14Cl2N2O4. The maximum Gasteiger partial charge on any atom is 0.338 e. The molecular weight excluding hydrogens is 391 g/mol. The summed E-state index contributed by atoms with van der Waals surface area (Å²) in [6.45, 7) is 0.0781. The van der Waals surface area contributed by atoms with Crippen LogP contribution >= 0.6 is 23.2 Å². The van der Waals surface area contributed by atoms with Crippen LogP contribution in [-0.2, 0) is 11.3 Å². The molecule has 2 aromatic carbocycles. The summed E-state index contributed by atoms with van der Waals surface area (Å²) in [5, 5.41) is 5.22. The van der Waals surface area contributed by atoms with Crippen molar-refractivity contribution in [3.8, 4) is 11.6 Å². The summed E-state index contributed by atoms with van der Waals surface area (Å²) in [7, 11) is 0. The fourth-order valence-electron chi connectivity index (χ4n) is 2.16. The average Bonchev–Trinajstić information content (AvgIpc) is 2.66. The third-order valence-corrected chi connectivity index (χ3v) is 4.00. The van der Waals surface area contributed by atoms with Gasteiger partial charge >= 0.3 is 5.97 Å². The largest absolute Gasteiger partial charge is 0.460 e. The van der Waals surface area contributed by atoms with E-state index in [4.69, 9.17) is 32.7 Å². The topological polar surface area (TPSA) is 70.4 Å². The lowest BCUT2D eigenvalue weighted by molar-refractivity contribution is 0.0485. The summed E-state index contributed by atoms with van der Waals surface area (Å²) in [6.07, 6.45) is 0. The molecule has 8 heteroatoms. The molecule has 0 spiro atoms. The second-order valence-electron chi connectivity index (χ2n) is 5.43. The van der Waals surface area contributed by atoms with Crippen molar-refractivity contribution < 1.29 is 14.3 Å². The first-order valence-corrected chi connectivity index (χ1v) is 8.71. The third-order valence-electron chi connectivity index (χ3n) is 3.49. The Kier molecular flexibility index (Phi) is 6.11. The van der Waals surface area contributed by atoms with Gasteiger partial charge < -0.3 is 9.47 Å². The molecule has 0 atom stereocenters. The molecule has 27 heavy (non-hydrogen) atoms. The molecule has 0 N–H and O–H groups in total. The van der Waals surface area contributed by atoms with Crippen LogP contribution in [0.5, 0.6) is 11.6 Å². The number of carbonyl (C=O) groups is 1. The van der Waals surface area contributed by atoms with Gasteiger partial charge in [-0.3, -0.25) is 4.79 Å². The minimum Gasteiger partial charge on any atom is -0.460 e. The highest BCUT2D eigenvalue weighted by Crippen LogP contribution is 2.20. The Bertz CT molecular complexity index is 986. The van der Waals surface area contributed by atoms with Crippen molar-refractivity contribution in [3.05, 3.63) is 86.6 Å². The Hall–Kier alpha value is -2.83. The molecule has 6 nitrogen and oxygen atoms in total. The van der Waals surface area contributed by atoms with Gasteiger partial charge in [-0.1, -0.05) is 23.2 Å². The number of rotatable bonds is 6. The lowest BCUT2D eigenvalue weighted by atomic mass is 10.2. The molecule has 3 aromatic rings. The van der Waals surface area contributed by atoms with Crippen molar-refractivity contribution in [2.75, 3.05) is 6.61 Å². The molecule has 1 heterocycles. The monoisotopic (exact) mass is 404 g/mol. The number of nitrogens with zero attached hydrogens (tertiary/aromatic N) is 2. The van der Waals surface area contributed by atoms with E-state index in [0.717, 1.165) is 0 Å². The molecule has 0 amide bonds. The fourth-order valence-corrected chi connectivity index (χ4v) is 2.41. The normalized spacial score (nSPS) is 10.4. The molecule has 0 aliphatic rings. The predicted octanol–water partition coefficient (Wildman–Crippen LogP) is 4.20. The zero-order chi connectivity index (χ0) is 19.2. The van der Waals surface area contributed by atoms with Gasteiger partial charge in [0.05, 0.1) is 12.1 Å². The van der Waals surface area contributed by atoms with E-state index >= 15 is 0 Å². The Morgan fingerprint density at radius 2 is 1.56 bits per heavy atom. The van der Waals surface area contributed by atoms with Crippen LogP contribution in [0.2, 0.25) is 10.0 Å². The second-order valence-corrected chi connectivity index (χ2v) is 6.30. The highest BCUT2D eigenvalue weighted by molar-refractivity contribution is 6.30. The van der Waals surface area contributed by atoms with Crippen molar-refractivity contribution in [2.24, 2.45) is 0 Å². The van der Waals surface area contributed by atoms with Crippen LogP contribution in [0.15, 0.2) is 65.5 Å². The number of esters is 1. The lowest BCUT2D eigenvalue weighted by Crippen LogP contribution is -2.25. The van der Waals surface area contributed by atoms with Crippen LogP contribution in [0.1, 0.15) is 10.4 Å². The maximum atomic E-state index is 12.0. The number of carbonyl (C=O) groups excluding carboxylic acids is 1. The molecule has 0 aliphatic carbocycles. The van der Waals surface area contributed by atoms with Crippen molar-refractivity contribution >= 4 is 29.2 Å². The third kappa shape index (κ3) is 5.32. The zero-order valence-corrected chi connectivity index (χ0v) is 15.5. The van der Waals surface area contributed by atoms with E-state index < -0.39 is 5.97 Å². The van der Waals surface area contributed by atoms with Crippen LogP contribution in [0, 0.1) is 0 Å². The first kappa shape index (κ1) is 18.9. The molecule has 0 bridgehead atoms. The van der Waals surface area contributed by atoms with Crippen LogP contribution in [0.4, 0.5) is 0 Å². The number of ether oxygens (including phenoxy) is 2. The number of hydrogen-bond acceptors (Lipinski definition) is 5. The first-order chi connectivity index (χ1) is 13.0. The van der Waals surface area contributed by atoms with E-state index in [1.165, 1.54) is 16.8 Å². The number of aromatic nitrogens is 2. The summed E-state index contributed by atoms with van der Waals surface area (Å²) < 4.78 is 11.9. The van der Waals surface area contributed by atoms with Crippen molar-refractivity contribution in [2.45, 2.75) is 6.54 Å². The smallest absolute Gasteiger partial charge is 0.338 e. The van der Waals surface area contributed by atoms with Gasteiger partial charge in [0.15, 0.2) is 0 Å². The molecule has 0 saturated heterocycles. The van der Waals surface area contributed by atoms with Crippen LogP contribution in [0.3, 0.4) is 0 Å². The number of benzene rings is 2. The van der Waals surface area contributed by atoms with E-state index in [1.54, 1.807) is 48.5 Å². The molecule has 3 rings (SSSR count). The molecule has 0 radical (unpaired) electrons. The van der Waals surface area contributed by atoms with Gasteiger partial charge in [0, 0.05) is 22.2 Å². The van der Waals surface area contributed by atoms with E-state index in [0.29, 0.717) is 21.4 Å². The maximum absolute atomic E-state index is 12.0. The van der Waals surface area contributed by atoms with Gasteiger partial charge in [-0.15, -0.1) is 5.10 Å². The van der Waals surface area contributed by atoms with E-state index in [2.05, 4.69) is 5.10 Å². The minimum absolute atomic E-state index is 0.0151. The lowest BCUT2D eigenvalue weighted by Gasteiger charge is -2.09. The number of halogens is 2. The quantitative estimate of drug-likeness (QED) is 0.575. The first-order valence-electron chi connectivity index (χ1n) is 7.95. The summed E-state index contributed by atoms with van der Waals surface area (Å²) >= 11 is 11.6. The van der Waals surface area contributed by atoms with Crippen LogP contribution in [0.25, 0.3) is 0 Å². The summed E-state index contributed by atoms with van der Waals surface area (Å²) in [5.74, 6) is 0.264. The van der Waals surface area contributed by atoms with Gasteiger partial charge in [-0.2, -0.15) is 0 Å². The Labute approximate surface area is 164 Å². The van der Waals surface area contributed by atoms with Gasteiger partial charge in [0.25, 0.3) is 5.56 Å². The highest BCUT2D eigenvalue weighted by atomic mass is 35.5. The van der Waals surface area contributed by atoms with Crippen LogP contribution in [-0.4, -0.2) is 22.4 Å². The zero-order valence-electron chi connectivity index (χ0n) is 14.0. The summed E-state index contributed by atoms with van der Waals surface area (Å²) in [4.78, 5) is 23.9. The van der Waals surface area contributed by atoms with Crippen LogP contribution < -0.4 is 10.3 Å². The van der Waals surface area contributed by atoms with E-state index in [9.17, 15) is 9.59 Å². The summed E-state index contributed by atoms with van der Waals surface area (Å²) in [5.41, 5.74) is 0.0422. The molecule has 0 saturated carbocycles. The minimum atomic E-state index is -0.506. The second kappa shape index (κ2) is 8.70. The van der Waals surface area contributed by atoms with E-state index in [-0.39, 0.29) is 24.6 Å². The molecule has 138 valence electrons. The Balaban J connectivity index is 1.61. The Morgan fingerprint density at radius 3 is 2.22 bits per heavy atom. The molecule has 0 aliphatic heterocycles. The van der Waals surface area contributed by atoms with Gasteiger partial charge in [-0.25, -0.2) is 9.48 Å². The summed E-state index contributed by atoms with van der Waals surface area (Å²) in [6, 6.07) is 15.9. The van der Waals surface area contributed by atoms with Gasteiger partial charge in [0.1, 0.15) is 12.4 Å².